The van der Waals surface area contributed by atoms with Gasteiger partial charge in [-0.2, -0.15) is 13.2 Å². The summed E-state index contributed by atoms with van der Waals surface area (Å²) in [5, 5.41) is 3.23. The fourth-order valence-corrected chi connectivity index (χ4v) is 2.08. The fourth-order valence-electron chi connectivity index (χ4n) is 2.08. The van der Waals surface area contributed by atoms with Gasteiger partial charge in [0.2, 0.25) is 0 Å². The molecule has 0 saturated heterocycles. The van der Waals surface area contributed by atoms with E-state index in [1.807, 2.05) is 0 Å². The summed E-state index contributed by atoms with van der Waals surface area (Å²) in [6.07, 6.45) is 2.81. The van der Waals surface area contributed by atoms with E-state index in [-0.39, 0.29) is 6.42 Å². The molecule has 1 N–H and O–H groups in total. The largest absolute Gasteiger partial charge is 0.389 e. The average Bonchev–Trinajstić information content (AvgIpc) is 2.39. The van der Waals surface area contributed by atoms with E-state index in [4.69, 9.17) is 0 Å². The molecule has 15 heavy (non-hydrogen) atoms. The SMILES string of the molecule is FC(F)(F)CCCNC1CCCCCC1. The highest BCUT2D eigenvalue weighted by atomic mass is 19.4. The first-order valence-corrected chi connectivity index (χ1v) is 5.88. The summed E-state index contributed by atoms with van der Waals surface area (Å²) in [4.78, 5) is 0. The van der Waals surface area contributed by atoms with Crippen molar-refractivity contribution in [3.05, 3.63) is 0 Å². The molecule has 0 atom stereocenters. The van der Waals surface area contributed by atoms with Crippen molar-refractivity contribution < 1.29 is 13.2 Å². The van der Waals surface area contributed by atoms with Crippen LogP contribution < -0.4 is 5.32 Å². The fraction of sp³-hybridized carbons (Fsp3) is 1.00. The van der Waals surface area contributed by atoms with Gasteiger partial charge in [0.1, 0.15) is 0 Å². The smallest absolute Gasteiger partial charge is 0.314 e. The predicted octanol–water partition coefficient (Wildman–Crippen LogP) is 3.64. The van der Waals surface area contributed by atoms with Gasteiger partial charge in [-0.1, -0.05) is 25.7 Å². The van der Waals surface area contributed by atoms with Crippen molar-refractivity contribution in [3.63, 3.8) is 0 Å². The number of hydrogen-bond donors (Lipinski definition) is 1. The first kappa shape index (κ1) is 12.8. The Morgan fingerprint density at radius 3 is 2.13 bits per heavy atom. The molecular weight excluding hydrogens is 203 g/mol. The van der Waals surface area contributed by atoms with Crippen LogP contribution in [-0.2, 0) is 0 Å². The van der Waals surface area contributed by atoms with Crippen molar-refractivity contribution in [2.45, 2.75) is 63.6 Å². The molecule has 1 aliphatic rings. The van der Waals surface area contributed by atoms with Crippen molar-refractivity contribution in [2.24, 2.45) is 0 Å². The van der Waals surface area contributed by atoms with Gasteiger partial charge in [0, 0.05) is 12.5 Å². The van der Waals surface area contributed by atoms with Crippen LogP contribution in [0.5, 0.6) is 0 Å². The molecule has 0 spiro atoms. The van der Waals surface area contributed by atoms with Crippen LogP contribution in [0.25, 0.3) is 0 Å². The highest BCUT2D eigenvalue weighted by Gasteiger charge is 2.26. The molecule has 0 radical (unpaired) electrons. The molecule has 1 rings (SSSR count). The molecule has 1 fully saturated rings. The zero-order valence-corrected chi connectivity index (χ0v) is 9.08. The summed E-state index contributed by atoms with van der Waals surface area (Å²) in [7, 11) is 0. The van der Waals surface area contributed by atoms with Crippen molar-refractivity contribution in [1.29, 1.82) is 0 Å². The van der Waals surface area contributed by atoms with Crippen LogP contribution in [0.2, 0.25) is 0 Å². The molecule has 1 nitrogen and oxygen atoms in total. The second-order valence-corrected chi connectivity index (χ2v) is 4.36. The quantitative estimate of drug-likeness (QED) is 0.566. The minimum atomic E-state index is -3.99. The second-order valence-electron chi connectivity index (χ2n) is 4.36. The highest BCUT2D eigenvalue weighted by molar-refractivity contribution is 4.70. The van der Waals surface area contributed by atoms with Crippen LogP contribution in [0.1, 0.15) is 51.4 Å². The monoisotopic (exact) mass is 223 g/mol. The van der Waals surface area contributed by atoms with E-state index in [9.17, 15) is 13.2 Å². The predicted molar refractivity (Wildman–Crippen MR) is 54.8 cm³/mol. The van der Waals surface area contributed by atoms with E-state index < -0.39 is 12.6 Å². The second kappa shape index (κ2) is 6.36. The third-order valence-corrected chi connectivity index (χ3v) is 2.93. The molecule has 90 valence electrons. The first-order valence-electron chi connectivity index (χ1n) is 5.88. The summed E-state index contributed by atoms with van der Waals surface area (Å²) in [6.45, 7) is 0.504. The lowest BCUT2D eigenvalue weighted by atomic mass is 10.1. The topological polar surface area (TPSA) is 12.0 Å². The lowest BCUT2D eigenvalue weighted by Gasteiger charge is -2.16. The van der Waals surface area contributed by atoms with Gasteiger partial charge in [-0.15, -0.1) is 0 Å². The lowest BCUT2D eigenvalue weighted by molar-refractivity contribution is -0.135. The van der Waals surface area contributed by atoms with E-state index in [0.717, 1.165) is 12.8 Å². The Bertz CT molecular complexity index is 160. The van der Waals surface area contributed by atoms with E-state index >= 15 is 0 Å². The Morgan fingerprint density at radius 1 is 1.00 bits per heavy atom. The zero-order valence-electron chi connectivity index (χ0n) is 9.08. The van der Waals surface area contributed by atoms with Crippen LogP contribution in [0.4, 0.5) is 13.2 Å². The third kappa shape index (κ3) is 6.77. The molecular formula is C11H20F3N. The zero-order chi connectivity index (χ0) is 11.1. The van der Waals surface area contributed by atoms with Crippen molar-refractivity contribution in [3.8, 4) is 0 Å². The number of rotatable bonds is 4. The van der Waals surface area contributed by atoms with Crippen molar-refractivity contribution >= 4 is 0 Å². The summed E-state index contributed by atoms with van der Waals surface area (Å²) < 4.78 is 35.6. The molecule has 0 aliphatic heterocycles. The molecule has 0 aromatic heterocycles. The van der Waals surface area contributed by atoms with Gasteiger partial charge in [-0.3, -0.25) is 0 Å². The number of alkyl halides is 3. The Balaban J connectivity index is 2.03. The Morgan fingerprint density at radius 2 is 1.60 bits per heavy atom. The Kier molecular flexibility index (Phi) is 5.43. The summed E-state index contributed by atoms with van der Waals surface area (Å²) in [5.74, 6) is 0. The van der Waals surface area contributed by atoms with Gasteiger partial charge in [0.05, 0.1) is 0 Å². The molecule has 0 bridgehead atoms. The minimum Gasteiger partial charge on any atom is -0.314 e. The molecule has 0 aromatic rings. The Labute approximate surface area is 89.4 Å². The van der Waals surface area contributed by atoms with Gasteiger partial charge in [0.15, 0.2) is 0 Å². The van der Waals surface area contributed by atoms with Gasteiger partial charge in [-0.25, -0.2) is 0 Å². The maximum absolute atomic E-state index is 11.9. The average molecular weight is 223 g/mol. The third-order valence-electron chi connectivity index (χ3n) is 2.93. The van der Waals surface area contributed by atoms with Crippen LogP contribution in [0.15, 0.2) is 0 Å². The maximum atomic E-state index is 11.9. The number of halogens is 3. The van der Waals surface area contributed by atoms with Crippen molar-refractivity contribution in [1.82, 2.24) is 5.32 Å². The van der Waals surface area contributed by atoms with E-state index in [1.54, 1.807) is 0 Å². The highest BCUT2D eigenvalue weighted by Crippen LogP contribution is 2.21. The summed E-state index contributed by atoms with van der Waals surface area (Å²) in [6, 6.07) is 0.459. The first-order chi connectivity index (χ1) is 7.08. The minimum absolute atomic E-state index is 0.208. The van der Waals surface area contributed by atoms with Gasteiger partial charge >= 0.3 is 6.18 Å². The molecule has 0 aromatic carbocycles. The van der Waals surface area contributed by atoms with E-state index in [2.05, 4.69) is 5.32 Å². The standard InChI is InChI=1S/C11H20F3N/c12-11(13,14)8-5-9-15-10-6-3-1-2-4-7-10/h10,15H,1-9H2. The molecule has 0 unspecified atom stereocenters. The van der Waals surface area contributed by atoms with Crippen molar-refractivity contribution in [2.75, 3.05) is 6.54 Å². The van der Waals surface area contributed by atoms with E-state index in [1.165, 1.54) is 25.7 Å². The van der Waals surface area contributed by atoms with Crippen LogP contribution in [0, 0.1) is 0 Å². The number of nitrogens with one attached hydrogen (secondary N) is 1. The van der Waals surface area contributed by atoms with Gasteiger partial charge in [-0.05, 0) is 25.8 Å². The van der Waals surface area contributed by atoms with E-state index in [0.29, 0.717) is 12.6 Å². The van der Waals surface area contributed by atoms with Crippen LogP contribution in [0.3, 0.4) is 0 Å². The summed E-state index contributed by atoms with van der Waals surface area (Å²) >= 11 is 0. The van der Waals surface area contributed by atoms with Gasteiger partial charge < -0.3 is 5.32 Å². The normalized spacial score (nSPS) is 20.2. The maximum Gasteiger partial charge on any atom is 0.389 e. The van der Waals surface area contributed by atoms with Gasteiger partial charge in [0.25, 0.3) is 0 Å². The number of hydrogen-bond acceptors (Lipinski definition) is 1. The molecule has 1 aliphatic carbocycles. The molecule has 0 amide bonds. The summed E-state index contributed by atoms with van der Waals surface area (Å²) in [5.41, 5.74) is 0. The lowest BCUT2D eigenvalue weighted by Crippen LogP contribution is -2.30. The molecule has 0 heterocycles. The van der Waals surface area contributed by atoms with Crippen LogP contribution in [-0.4, -0.2) is 18.8 Å². The van der Waals surface area contributed by atoms with Crippen LogP contribution >= 0.6 is 0 Å². The molecule has 4 heteroatoms. The molecule has 1 saturated carbocycles. The Hall–Kier alpha value is -0.250.